The highest BCUT2D eigenvalue weighted by atomic mass is 79.9. The van der Waals surface area contributed by atoms with E-state index in [9.17, 15) is 4.79 Å². The first kappa shape index (κ1) is 16.7. The van der Waals surface area contributed by atoms with Crippen LogP contribution in [0.3, 0.4) is 0 Å². The number of halogens is 2. The second kappa shape index (κ2) is 7.14. The molecule has 7 nitrogen and oxygen atoms in total. The number of nitrogens with one attached hydrogen (secondary N) is 1. The maximum absolute atomic E-state index is 12.4. The first-order chi connectivity index (χ1) is 11.6. The van der Waals surface area contributed by atoms with E-state index in [0.717, 1.165) is 5.56 Å². The van der Waals surface area contributed by atoms with Crippen molar-refractivity contribution in [2.45, 2.75) is 20.0 Å². The van der Waals surface area contributed by atoms with E-state index < -0.39 is 0 Å². The summed E-state index contributed by atoms with van der Waals surface area (Å²) in [4.78, 5) is 16.5. The van der Waals surface area contributed by atoms with E-state index in [1.54, 1.807) is 21.9 Å². The summed E-state index contributed by atoms with van der Waals surface area (Å²) in [6.45, 7) is 2.97. The van der Waals surface area contributed by atoms with Gasteiger partial charge in [-0.15, -0.1) is 5.10 Å². The van der Waals surface area contributed by atoms with Gasteiger partial charge >= 0.3 is 0 Å². The lowest BCUT2D eigenvalue weighted by Gasteiger charge is -2.05. The summed E-state index contributed by atoms with van der Waals surface area (Å²) in [6, 6.07) is 7.51. The highest BCUT2D eigenvalue weighted by molar-refractivity contribution is 9.10. The van der Waals surface area contributed by atoms with Crippen LogP contribution >= 0.6 is 27.5 Å². The average molecular weight is 410 g/mol. The Labute approximate surface area is 151 Å². The van der Waals surface area contributed by atoms with Crippen molar-refractivity contribution in [3.8, 4) is 0 Å². The van der Waals surface area contributed by atoms with Crippen LogP contribution < -0.4 is 5.32 Å². The Morgan fingerprint density at radius 3 is 2.92 bits per heavy atom. The zero-order valence-corrected chi connectivity index (χ0v) is 15.1. The summed E-state index contributed by atoms with van der Waals surface area (Å²) in [7, 11) is 0. The highest BCUT2D eigenvalue weighted by Crippen LogP contribution is 2.18. The molecule has 2 heterocycles. The number of nitrogens with zero attached hydrogens (tertiary/aromatic N) is 5. The van der Waals surface area contributed by atoms with Crippen molar-refractivity contribution >= 4 is 39.4 Å². The van der Waals surface area contributed by atoms with Gasteiger partial charge in [0.25, 0.3) is 5.91 Å². The van der Waals surface area contributed by atoms with Gasteiger partial charge in [-0.3, -0.25) is 14.8 Å². The molecule has 3 rings (SSSR count). The number of hydrogen-bond acceptors (Lipinski definition) is 4. The van der Waals surface area contributed by atoms with E-state index in [1.165, 1.54) is 0 Å². The van der Waals surface area contributed by atoms with Gasteiger partial charge in [0, 0.05) is 11.6 Å². The van der Waals surface area contributed by atoms with E-state index in [0.29, 0.717) is 28.3 Å². The molecule has 1 aromatic carbocycles. The molecule has 124 valence electrons. The quantitative estimate of drug-likeness (QED) is 0.702. The van der Waals surface area contributed by atoms with Crippen LogP contribution in [0.1, 0.15) is 23.0 Å². The summed E-state index contributed by atoms with van der Waals surface area (Å²) in [5, 5.41) is 11.7. The van der Waals surface area contributed by atoms with Crippen LogP contribution in [0.5, 0.6) is 0 Å². The van der Waals surface area contributed by atoms with Crippen molar-refractivity contribution in [1.82, 2.24) is 24.5 Å². The van der Waals surface area contributed by atoms with Gasteiger partial charge in [-0.25, -0.2) is 9.67 Å². The predicted octanol–water partition coefficient (Wildman–Crippen LogP) is 3.21. The molecule has 1 N–H and O–H groups in total. The molecule has 0 fully saturated rings. The molecule has 3 aromatic rings. The molecule has 0 radical (unpaired) electrons. The number of aryl methyl sites for hydroxylation is 1. The SMILES string of the molecule is CCn1ncc(Br)c1C(=O)Nc1ncn(Cc2ccccc2Cl)n1. The van der Waals surface area contributed by atoms with Crippen LogP contribution in [-0.4, -0.2) is 30.5 Å². The minimum Gasteiger partial charge on any atom is -0.288 e. The number of carbonyl (C=O) groups excluding carboxylic acids is 1. The Bertz CT molecular complexity index is 874. The molecule has 0 saturated carbocycles. The van der Waals surface area contributed by atoms with Crippen molar-refractivity contribution in [3.05, 3.63) is 57.5 Å². The molecule has 0 spiro atoms. The van der Waals surface area contributed by atoms with E-state index in [1.807, 2.05) is 31.2 Å². The molecule has 24 heavy (non-hydrogen) atoms. The van der Waals surface area contributed by atoms with Crippen LogP contribution in [0.4, 0.5) is 5.95 Å². The predicted molar refractivity (Wildman–Crippen MR) is 94.1 cm³/mol. The summed E-state index contributed by atoms with van der Waals surface area (Å²) in [5.41, 5.74) is 1.36. The fourth-order valence-corrected chi connectivity index (χ4v) is 2.89. The van der Waals surface area contributed by atoms with Gasteiger partial charge in [0.1, 0.15) is 12.0 Å². The van der Waals surface area contributed by atoms with Gasteiger partial charge in [-0.05, 0) is 34.5 Å². The zero-order valence-electron chi connectivity index (χ0n) is 12.8. The van der Waals surface area contributed by atoms with Gasteiger partial charge in [-0.2, -0.15) is 5.10 Å². The molecule has 1 amide bonds. The second-order valence-electron chi connectivity index (χ2n) is 4.97. The fourth-order valence-electron chi connectivity index (χ4n) is 2.22. The largest absolute Gasteiger partial charge is 0.288 e. The van der Waals surface area contributed by atoms with Crippen LogP contribution in [0.2, 0.25) is 5.02 Å². The number of carbonyl (C=O) groups is 1. The van der Waals surface area contributed by atoms with Crippen LogP contribution in [-0.2, 0) is 13.1 Å². The minimum atomic E-state index is -0.322. The van der Waals surface area contributed by atoms with Crippen LogP contribution in [0.25, 0.3) is 0 Å². The van der Waals surface area contributed by atoms with Gasteiger partial charge < -0.3 is 0 Å². The summed E-state index contributed by atoms with van der Waals surface area (Å²) >= 11 is 9.46. The van der Waals surface area contributed by atoms with Crippen molar-refractivity contribution in [1.29, 1.82) is 0 Å². The summed E-state index contributed by atoms with van der Waals surface area (Å²) < 4.78 is 3.83. The summed E-state index contributed by atoms with van der Waals surface area (Å²) in [5.74, 6) is -0.0977. The molecule has 2 aromatic heterocycles. The maximum atomic E-state index is 12.4. The first-order valence-corrected chi connectivity index (χ1v) is 8.41. The van der Waals surface area contributed by atoms with Crippen LogP contribution in [0.15, 0.2) is 41.3 Å². The van der Waals surface area contributed by atoms with E-state index in [2.05, 4.69) is 36.4 Å². The van der Waals surface area contributed by atoms with Crippen molar-refractivity contribution < 1.29 is 4.79 Å². The smallest absolute Gasteiger partial charge is 0.277 e. The molecule has 0 aliphatic heterocycles. The maximum Gasteiger partial charge on any atom is 0.277 e. The molecular formula is C15H14BrClN6O. The van der Waals surface area contributed by atoms with Crippen molar-refractivity contribution in [2.24, 2.45) is 0 Å². The van der Waals surface area contributed by atoms with Gasteiger partial charge in [0.15, 0.2) is 0 Å². The number of benzene rings is 1. The molecule has 0 aliphatic carbocycles. The third kappa shape index (κ3) is 3.49. The molecule has 0 aliphatic rings. The van der Waals surface area contributed by atoms with Gasteiger partial charge in [-0.1, -0.05) is 29.8 Å². The standard InChI is InChI=1S/C15H14BrClN6O/c1-2-23-13(11(16)7-19-23)14(24)20-15-18-9-22(21-15)8-10-5-3-4-6-12(10)17/h3-7,9H,2,8H2,1H3,(H,20,21,24). The molecular weight excluding hydrogens is 396 g/mol. The zero-order chi connectivity index (χ0) is 17.1. The monoisotopic (exact) mass is 408 g/mol. The average Bonchev–Trinajstić information content (AvgIpc) is 3.15. The highest BCUT2D eigenvalue weighted by Gasteiger charge is 2.18. The molecule has 9 heteroatoms. The Balaban J connectivity index is 1.73. The lowest BCUT2D eigenvalue weighted by atomic mass is 10.2. The van der Waals surface area contributed by atoms with E-state index in [-0.39, 0.29) is 11.9 Å². The van der Waals surface area contributed by atoms with E-state index in [4.69, 9.17) is 11.6 Å². The molecule has 0 bridgehead atoms. The lowest BCUT2D eigenvalue weighted by Crippen LogP contribution is -2.19. The second-order valence-corrected chi connectivity index (χ2v) is 6.23. The summed E-state index contributed by atoms with van der Waals surface area (Å²) in [6.07, 6.45) is 3.13. The molecule has 0 unspecified atom stereocenters. The van der Waals surface area contributed by atoms with Gasteiger partial charge in [0.05, 0.1) is 17.2 Å². The van der Waals surface area contributed by atoms with Gasteiger partial charge in [0.2, 0.25) is 5.95 Å². The van der Waals surface area contributed by atoms with Crippen molar-refractivity contribution in [3.63, 3.8) is 0 Å². The number of aromatic nitrogens is 5. The van der Waals surface area contributed by atoms with Crippen LogP contribution in [0, 0.1) is 0 Å². The normalized spacial score (nSPS) is 10.8. The fraction of sp³-hybridized carbons (Fsp3) is 0.200. The Morgan fingerprint density at radius 2 is 2.17 bits per heavy atom. The minimum absolute atomic E-state index is 0.225. The molecule has 0 atom stereocenters. The van der Waals surface area contributed by atoms with E-state index >= 15 is 0 Å². The Hall–Kier alpha value is -2.19. The number of amides is 1. The molecule has 0 saturated heterocycles. The number of anilines is 1. The number of hydrogen-bond donors (Lipinski definition) is 1. The third-order valence-corrected chi connectivity index (χ3v) is 4.31. The number of rotatable bonds is 5. The first-order valence-electron chi connectivity index (χ1n) is 7.24. The lowest BCUT2D eigenvalue weighted by molar-refractivity contribution is 0.101. The van der Waals surface area contributed by atoms with Crippen molar-refractivity contribution in [2.75, 3.05) is 5.32 Å². The third-order valence-electron chi connectivity index (χ3n) is 3.36. The topological polar surface area (TPSA) is 77.6 Å². The Morgan fingerprint density at radius 1 is 1.38 bits per heavy atom. The Kier molecular flexibility index (Phi) is 4.96.